The van der Waals surface area contributed by atoms with E-state index in [1.165, 1.54) is 4.90 Å². The van der Waals surface area contributed by atoms with Crippen LogP contribution in [0.3, 0.4) is 0 Å². The number of rotatable bonds is 9. The van der Waals surface area contributed by atoms with E-state index < -0.39 is 5.97 Å². The first-order chi connectivity index (χ1) is 9.52. The molecule has 0 aliphatic rings. The Labute approximate surface area is 118 Å². The average molecular weight is 283 g/mol. The second kappa shape index (κ2) is 8.29. The van der Waals surface area contributed by atoms with Gasteiger partial charge in [-0.1, -0.05) is 12.1 Å². The average Bonchev–Trinajstić information content (AvgIpc) is 2.83. The molecule has 1 aromatic rings. The summed E-state index contributed by atoms with van der Waals surface area (Å²) in [7, 11) is 1.67. The Morgan fingerprint density at radius 3 is 2.70 bits per heavy atom. The van der Waals surface area contributed by atoms with Crippen LogP contribution >= 0.6 is 0 Å². The molecule has 0 aromatic carbocycles. The number of hydrogen-bond acceptors (Lipinski definition) is 5. The minimum absolute atomic E-state index is 0.0503. The molecule has 0 atom stereocenters. The predicted octanol–water partition coefficient (Wildman–Crippen LogP) is 1.28. The second-order valence-electron chi connectivity index (χ2n) is 4.67. The molecule has 1 heterocycles. The topological polar surface area (TPSA) is 96.5 Å². The lowest BCUT2D eigenvalue weighted by Crippen LogP contribution is -2.28. The lowest BCUT2D eigenvalue weighted by atomic mass is 10.2. The Balaban J connectivity index is 2.28. The number of aryl methyl sites for hydroxylation is 2. The Morgan fingerprint density at radius 2 is 2.05 bits per heavy atom. The molecule has 1 aromatic heterocycles. The number of aliphatic carboxylic acids is 1. The third-order valence-corrected chi connectivity index (χ3v) is 2.85. The maximum Gasteiger partial charge on any atom is 0.303 e. The minimum atomic E-state index is -0.847. The van der Waals surface area contributed by atoms with Crippen molar-refractivity contribution in [2.24, 2.45) is 0 Å². The Kier molecular flexibility index (Phi) is 6.69. The number of nitrogens with zero attached hydrogens (tertiary/aromatic N) is 3. The van der Waals surface area contributed by atoms with Crippen molar-refractivity contribution in [1.82, 2.24) is 15.0 Å². The van der Waals surface area contributed by atoms with Gasteiger partial charge in [-0.25, -0.2) is 0 Å². The van der Waals surface area contributed by atoms with E-state index in [0.29, 0.717) is 31.1 Å². The summed E-state index contributed by atoms with van der Waals surface area (Å²) in [4.78, 5) is 27.9. The zero-order valence-electron chi connectivity index (χ0n) is 12.0. The van der Waals surface area contributed by atoms with Crippen LogP contribution in [0.15, 0.2) is 4.52 Å². The third-order valence-electron chi connectivity index (χ3n) is 2.85. The molecule has 1 rings (SSSR count). The van der Waals surface area contributed by atoms with Crippen molar-refractivity contribution < 1.29 is 19.2 Å². The standard InChI is InChI=1S/C13H21N3O4/c1-3-5-10-14-11(20-15-10)7-8-12(17)16(2)9-4-6-13(18)19/h3-9H2,1-2H3,(H,18,19). The maximum atomic E-state index is 11.8. The molecule has 0 fully saturated rings. The maximum absolute atomic E-state index is 11.8. The van der Waals surface area contributed by atoms with E-state index in [1.54, 1.807) is 7.05 Å². The molecule has 0 spiro atoms. The molecular weight excluding hydrogens is 262 g/mol. The number of carbonyl (C=O) groups excluding carboxylic acids is 1. The van der Waals surface area contributed by atoms with Crippen molar-refractivity contribution in [2.75, 3.05) is 13.6 Å². The van der Waals surface area contributed by atoms with E-state index in [-0.39, 0.29) is 18.7 Å². The van der Waals surface area contributed by atoms with Gasteiger partial charge in [-0.2, -0.15) is 4.98 Å². The first-order valence-corrected chi connectivity index (χ1v) is 6.80. The van der Waals surface area contributed by atoms with Crippen LogP contribution in [0.1, 0.15) is 44.3 Å². The van der Waals surface area contributed by atoms with Crippen LogP contribution in [-0.2, 0) is 22.4 Å². The molecule has 112 valence electrons. The fourth-order valence-electron chi connectivity index (χ4n) is 1.71. The third kappa shape index (κ3) is 5.81. The van der Waals surface area contributed by atoms with Gasteiger partial charge in [0.05, 0.1) is 0 Å². The van der Waals surface area contributed by atoms with Gasteiger partial charge in [0, 0.05) is 39.3 Å². The summed E-state index contributed by atoms with van der Waals surface area (Å²) in [5.41, 5.74) is 0. The van der Waals surface area contributed by atoms with Gasteiger partial charge in [0.15, 0.2) is 5.82 Å². The monoisotopic (exact) mass is 283 g/mol. The predicted molar refractivity (Wildman–Crippen MR) is 71.1 cm³/mol. The van der Waals surface area contributed by atoms with Gasteiger partial charge in [-0.3, -0.25) is 9.59 Å². The summed E-state index contributed by atoms with van der Waals surface area (Å²) in [6.45, 7) is 2.47. The van der Waals surface area contributed by atoms with Gasteiger partial charge < -0.3 is 14.5 Å². The van der Waals surface area contributed by atoms with E-state index >= 15 is 0 Å². The van der Waals surface area contributed by atoms with Crippen LogP contribution < -0.4 is 0 Å². The number of amides is 1. The summed E-state index contributed by atoms with van der Waals surface area (Å²) >= 11 is 0. The smallest absolute Gasteiger partial charge is 0.303 e. The molecule has 0 radical (unpaired) electrons. The molecule has 0 bridgehead atoms. The molecule has 0 unspecified atom stereocenters. The lowest BCUT2D eigenvalue weighted by Gasteiger charge is -2.15. The number of hydrogen-bond donors (Lipinski definition) is 1. The van der Waals surface area contributed by atoms with Crippen molar-refractivity contribution in [2.45, 2.75) is 45.4 Å². The van der Waals surface area contributed by atoms with Crippen molar-refractivity contribution in [3.63, 3.8) is 0 Å². The number of aromatic nitrogens is 2. The second-order valence-corrected chi connectivity index (χ2v) is 4.67. The van der Waals surface area contributed by atoms with Gasteiger partial charge in [-0.15, -0.1) is 0 Å². The van der Waals surface area contributed by atoms with E-state index in [1.807, 2.05) is 6.92 Å². The molecule has 0 saturated carbocycles. The van der Waals surface area contributed by atoms with Crippen LogP contribution in [0, 0.1) is 0 Å². The van der Waals surface area contributed by atoms with E-state index in [4.69, 9.17) is 9.63 Å². The molecular formula is C13H21N3O4. The number of carboxylic acids is 1. The molecule has 7 nitrogen and oxygen atoms in total. The van der Waals surface area contributed by atoms with Gasteiger partial charge >= 0.3 is 5.97 Å². The normalized spacial score (nSPS) is 10.5. The first-order valence-electron chi connectivity index (χ1n) is 6.80. The van der Waals surface area contributed by atoms with Crippen LogP contribution in [0.2, 0.25) is 0 Å². The molecule has 7 heteroatoms. The fraction of sp³-hybridized carbons (Fsp3) is 0.692. The highest BCUT2D eigenvalue weighted by Gasteiger charge is 2.12. The Bertz CT molecular complexity index is 445. The molecule has 0 aliphatic heterocycles. The highest BCUT2D eigenvalue weighted by Crippen LogP contribution is 2.05. The van der Waals surface area contributed by atoms with Gasteiger partial charge in [0.1, 0.15) is 0 Å². The number of carbonyl (C=O) groups is 2. The zero-order valence-corrected chi connectivity index (χ0v) is 12.0. The van der Waals surface area contributed by atoms with Crippen molar-refractivity contribution in [1.29, 1.82) is 0 Å². The van der Waals surface area contributed by atoms with Crippen LogP contribution in [0.25, 0.3) is 0 Å². The summed E-state index contributed by atoms with van der Waals surface area (Å²) in [5, 5.41) is 12.4. The van der Waals surface area contributed by atoms with Crippen molar-refractivity contribution >= 4 is 11.9 Å². The van der Waals surface area contributed by atoms with E-state index in [0.717, 1.165) is 12.8 Å². The van der Waals surface area contributed by atoms with Crippen LogP contribution in [-0.4, -0.2) is 45.6 Å². The molecule has 0 saturated heterocycles. The Hall–Kier alpha value is -1.92. The van der Waals surface area contributed by atoms with Crippen molar-refractivity contribution in [3.8, 4) is 0 Å². The van der Waals surface area contributed by atoms with Crippen LogP contribution in [0.4, 0.5) is 0 Å². The molecule has 1 N–H and O–H groups in total. The highest BCUT2D eigenvalue weighted by molar-refractivity contribution is 5.76. The quantitative estimate of drug-likeness (QED) is 0.733. The summed E-state index contributed by atoms with van der Waals surface area (Å²) in [5.74, 6) is 0.247. The zero-order chi connectivity index (χ0) is 15.0. The van der Waals surface area contributed by atoms with Gasteiger partial charge in [-0.05, 0) is 12.8 Å². The SMILES string of the molecule is CCCc1noc(CCC(=O)N(C)CCCC(=O)O)n1. The van der Waals surface area contributed by atoms with Crippen LogP contribution in [0.5, 0.6) is 0 Å². The molecule has 0 aliphatic carbocycles. The largest absolute Gasteiger partial charge is 0.481 e. The minimum Gasteiger partial charge on any atom is -0.481 e. The fourth-order valence-corrected chi connectivity index (χ4v) is 1.71. The molecule has 1 amide bonds. The van der Waals surface area contributed by atoms with Gasteiger partial charge in [0.2, 0.25) is 11.8 Å². The summed E-state index contributed by atoms with van der Waals surface area (Å²) in [6.07, 6.45) is 2.95. The lowest BCUT2D eigenvalue weighted by molar-refractivity contribution is -0.138. The number of carboxylic acid groups (broad SMARTS) is 1. The van der Waals surface area contributed by atoms with E-state index in [9.17, 15) is 9.59 Å². The summed E-state index contributed by atoms with van der Waals surface area (Å²) in [6, 6.07) is 0. The highest BCUT2D eigenvalue weighted by atomic mass is 16.5. The van der Waals surface area contributed by atoms with E-state index in [2.05, 4.69) is 10.1 Å². The Morgan fingerprint density at radius 1 is 1.30 bits per heavy atom. The van der Waals surface area contributed by atoms with Crippen molar-refractivity contribution in [3.05, 3.63) is 11.7 Å². The first kappa shape index (κ1) is 16.1. The van der Waals surface area contributed by atoms with Gasteiger partial charge in [0.25, 0.3) is 0 Å². The summed E-state index contributed by atoms with van der Waals surface area (Å²) < 4.78 is 5.05. The molecule has 20 heavy (non-hydrogen) atoms.